The van der Waals surface area contributed by atoms with Gasteiger partial charge < -0.3 is 15.4 Å². The highest BCUT2D eigenvalue weighted by atomic mass is 19.1. The number of nitrogens with one attached hydrogen (secondary N) is 2. The maximum absolute atomic E-state index is 12.8. The second-order valence-electron chi connectivity index (χ2n) is 5.00. The Morgan fingerprint density at radius 1 is 1.27 bits per heavy atom. The molecule has 1 aliphatic heterocycles. The number of morpholine rings is 1. The second-order valence-corrected chi connectivity index (χ2v) is 5.00. The molecule has 1 aromatic carbocycles. The van der Waals surface area contributed by atoms with Gasteiger partial charge in [0.05, 0.1) is 24.2 Å². The van der Waals surface area contributed by atoms with E-state index in [2.05, 4.69) is 15.6 Å². The molecule has 1 atom stereocenters. The first kappa shape index (κ1) is 14.6. The second kappa shape index (κ2) is 6.64. The van der Waals surface area contributed by atoms with Gasteiger partial charge in [-0.15, -0.1) is 0 Å². The summed E-state index contributed by atoms with van der Waals surface area (Å²) < 4.78 is 18.5. The zero-order valence-electron chi connectivity index (χ0n) is 11.9. The summed E-state index contributed by atoms with van der Waals surface area (Å²) in [6.45, 7) is 2.24. The Kier molecular flexibility index (Phi) is 4.41. The fourth-order valence-electron chi connectivity index (χ4n) is 2.23. The number of amides is 1. The minimum Gasteiger partial charge on any atom is -0.369 e. The minimum absolute atomic E-state index is 0.0596. The van der Waals surface area contributed by atoms with Crippen LogP contribution in [0.1, 0.15) is 22.2 Å². The van der Waals surface area contributed by atoms with Crippen molar-refractivity contribution in [3.8, 4) is 0 Å². The first-order valence-electron chi connectivity index (χ1n) is 7.07. The summed E-state index contributed by atoms with van der Waals surface area (Å²) in [6, 6.07) is 9.00. The fraction of sp³-hybridized carbons (Fsp3) is 0.250. The number of hydrogen-bond donors (Lipinski definition) is 2. The van der Waals surface area contributed by atoms with E-state index in [9.17, 15) is 9.18 Å². The van der Waals surface area contributed by atoms with Crippen molar-refractivity contribution < 1.29 is 13.9 Å². The van der Waals surface area contributed by atoms with Gasteiger partial charge in [0.1, 0.15) is 11.9 Å². The van der Waals surface area contributed by atoms with Crippen LogP contribution in [0.4, 0.5) is 10.1 Å². The van der Waals surface area contributed by atoms with Crippen molar-refractivity contribution in [3.05, 3.63) is 59.7 Å². The minimum atomic E-state index is -0.372. The molecule has 1 amide bonds. The van der Waals surface area contributed by atoms with Gasteiger partial charge in [-0.2, -0.15) is 0 Å². The molecule has 22 heavy (non-hydrogen) atoms. The van der Waals surface area contributed by atoms with E-state index >= 15 is 0 Å². The van der Waals surface area contributed by atoms with Gasteiger partial charge in [0.2, 0.25) is 0 Å². The lowest BCUT2D eigenvalue weighted by atomic mass is 10.2. The first-order chi connectivity index (χ1) is 10.7. The van der Waals surface area contributed by atoms with Crippen molar-refractivity contribution in [2.75, 3.05) is 25.0 Å². The van der Waals surface area contributed by atoms with Crippen LogP contribution in [0.15, 0.2) is 42.6 Å². The van der Waals surface area contributed by atoms with Crippen LogP contribution >= 0.6 is 0 Å². The lowest BCUT2D eigenvalue weighted by Gasteiger charge is -2.23. The summed E-state index contributed by atoms with van der Waals surface area (Å²) in [5.41, 5.74) is 1.80. The van der Waals surface area contributed by atoms with Crippen molar-refractivity contribution in [1.82, 2.24) is 10.3 Å². The van der Waals surface area contributed by atoms with Crippen LogP contribution in [0.5, 0.6) is 0 Å². The molecule has 1 aromatic heterocycles. The number of benzene rings is 1. The summed E-state index contributed by atoms with van der Waals surface area (Å²) in [4.78, 5) is 16.3. The van der Waals surface area contributed by atoms with Crippen LogP contribution in [0.25, 0.3) is 0 Å². The average molecular weight is 301 g/mol. The molecule has 0 bridgehead atoms. The van der Waals surface area contributed by atoms with Crippen LogP contribution in [0, 0.1) is 5.82 Å². The van der Waals surface area contributed by atoms with Gasteiger partial charge in [0.15, 0.2) is 0 Å². The molecule has 0 aliphatic carbocycles. The molecular formula is C16H16FN3O2. The highest BCUT2D eigenvalue weighted by Crippen LogP contribution is 2.18. The Bertz CT molecular complexity index is 637. The van der Waals surface area contributed by atoms with Crippen molar-refractivity contribution in [2.24, 2.45) is 0 Å². The maximum atomic E-state index is 12.8. The van der Waals surface area contributed by atoms with Gasteiger partial charge in [0, 0.05) is 18.7 Å². The van der Waals surface area contributed by atoms with E-state index in [0.29, 0.717) is 17.9 Å². The lowest BCUT2D eigenvalue weighted by molar-refractivity contribution is 0.0250. The predicted octanol–water partition coefficient (Wildman–Crippen LogP) is 2.13. The largest absolute Gasteiger partial charge is 0.369 e. The van der Waals surface area contributed by atoms with Crippen LogP contribution in [0.2, 0.25) is 0 Å². The molecule has 1 aliphatic rings. The molecule has 6 heteroatoms. The monoisotopic (exact) mass is 301 g/mol. The zero-order valence-corrected chi connectivity index (χ0v) is 11.9. The number of hydrogen-bond acceptors (Lipinski definition) is 4. The van der Waals surface area contributed by atoms with Crippen molar-refractivity contribution in [1.29, 1.82) is 0 Å². The van der Waals surface area contributed by atoms with Crippen molar-refractivity contribution in [3.63, 3.8) is 0 Å². The Labute approximate surface area is 127 Å². The molecule has 3 rings (SSSR count). The van der Waals surface area contributed by atoms with Crippen LogP contribution in [0.3, 0.4) is 0 Å². The topological polar surface area (TPSA) is 63.2 Å². The molecule has 2 heterocycles. The third kappa shape index (κ3) is 3.47. The number of rotatable bonds is 3. The third-order valence-electron chi connectivity index (χ3n) is 3.41. The van der Waals surface area contributed by atoms with Crippen LogP contribution in [-0.2, 0) is 4.74 Å². The number of aromatic nitrogens is 1. The number of pyridine rings is 1. The van der Waals surface area contributed by atoms with E-state index in [4.69, 9.17) is 4.74 Å². The molecule has 0 spiro atoms. The maximum Gasteiger partial charge on any atom is 0.255 e. The van der Waals surface area contributed by atoms with Crippen LogP contribution in [-0.4, -0.2) is 30.6 Å². The summed E-state index contributed by atoms with van der Waals surface area (Å²) in [6.07, 6.45) is 1.53. The molecule has 1 fully saturated rings. The average Bonchev–Trinajstić information content (AvgIpc) is 2.57. The summed E-state index contributed by atoms with van der Waals surface area (Å²) in [5, 5.41) is 5.97. The molecule has 0 radical (unpaired) electrons. The highest BCUT2D eigenvalue weighted by Gasteiger charge is 2.16. The number of nitrogens with zero attached hydrogens (tertiary/aromatic N) is 1. The Hall–Kier alpha value is -2.31. The SMILES string of the molecule is O=C(Nc1ccc([C@H]2CNCCO2)nc1)c1ccc(F)cc1. The lowest BCUT2D eigenvalue weighted by Crippen LogP contribution is -2.33. The number of ether oxygens (including phenoxy) is 1. The van der Waals surface area contributed by atoms with E-state index in [1.807, 2.05) is 6.07 Å². The fourth-order valence-corrected chi connectivity index (χ4v) is 2.23. The quantitative estimate of drug-likeness (QED) is 0.911. The Morgan fingerprint density at radius 2 is 2.09 bits per heavy atom. The van der Waals surface area contributed by atoms with E-state index in [-0.39, 0.29) is 17.8 Å². The normalized spacial score (nSPS) is 18.0. The molecule has 1 saturated heterocycles. The van der Waals surface area contributed by atoms with Gasteiger partial charge in [-0.25, -0.2) is 4.39 Å². The van der Waals surface area contributed by atoms with Crippen LogP contribution < -0.4 is 10.6 Å². The predicted molar refractivity (Wildman–Crippen MR) is 80.2 cm³/mol. The number of halogens is 1. The molecule has 114 valence electrons. The van der Waals surface area contributed by atoms with Gasteiger partial charge in [-0.1, -0.05) is 0 Å². The van der Waals surface area contributed by atoms with Gasteiger partial charge in [-0.3, -0.25) is 9.78 Å². The summed E-state index contributed by atoms with van der Waals surface area (Å²) in [7, 11) is 0. The summed E-state index contributed by atoms with van der Waals surface area (Å²) in [5.74, 6) is -0.672. The van der Waals surface area contributed by atoms with Gasteiger partial charge in [-0.05, 0) is 36.4 Å². The molecular weight excluding hydrogens is 285 g/mol. The molecule has 0 saturated carbocycles. The standard InChI is InChI=1S/C16H16FN3O2/c17-12-3-1-11(2-4-12)16(21)20-13-5-6-14(19-9-13)15-10-18-7-8-22-15/h1-6,9,15,18H,7-8,10H2,(H,20,21)/t15-/m1/s1. The molecule has 0 unspecified atom stereocenters. The summed E-state index contributed by atoms with van der Waals surface area (Å²) >= 11 is 0. The number of anilines is 1. The van der Waals surface area contributed by atoms with E-state index in [1.165, 1.54) is 24.3 Å². The van der Waals surface area contributed by atoms with Gasteiger partial charge >= 0.3 is 0 Å². The molecule has 2 N–H and O–H groups in total. The number of carbonyl (C=O) groups is 1. The Morgan fingerprint density at radius 3 is 2.73 bits per heavy atom. The zero-order chi connectivity index (χ0) is 15.4. The van der Waals surface area contributed by atoms with Crippen molar-refractivity contribution >= 4 is 11.6 Å². The molecule has 5 nitrogen and oxygen atoms in total. The Balaban J connectivity index is 1.65. The first-order valence-corrected chi connectivity index (χ1v) is 7.07. The molecule has 2 aromatic rings. The van der Waals surface area contributed by atoms with Crippen molar-refractivity contribution in [2.45, 2.75) is 6.10 Å². The number of carbonyl (C=O) groups excluding carboxylic acids is 1. The highest BCUT2D eigenvalue weighted by molar-refractivity contribution is 6.04. The smallest absolute Gasteiger partial charge is 0.255 e. The van der Waals surface area contributed by atoms with E-state index < -0.39 is 0 Å². The van der Waals surface area contributed by atoms with E-state index in [0.717, 1.165) is 18.8 Å². The third-order valence-corrected chi connectivity index (χ3v) is 3.41. The van der Waals surface area contributed by atoms with Gasteiger partial charge in [0.25, 0.3) is 5.91 Å². The van der Waals surface area contributed by atoms with E-state index in [1.54, 1.807) is 12.3 Å².